The van der Waals surface area contributed by atoms with E-state index in [0.29, 0.717) is 18.4 Å². The molecule has 0 amide bonds. The van der Waals surface area contributed by atoms with Gasteiger partial charge in [-0.1, -0.05) is 11.6 Å². The van der Waals surface area contributed by atoms with Crippen LogP contribution in [0.15, 0.2) is 10.6 Å². The minimum absolute atomic E-state index is 0.356. The highest BCUT2D eigenvalue weighted by atomic mass is 16.5. The maximum atomic E-state index is 11.0. The van der Waals surface area contributed by atoms with Crippen LogP contribution in [0.1, 0.15) is 43.8 Å². The van der Waals surface area contributed by atoms with Gasteiger partial charge in [0, 0.05) is 18.1 Å². The molecule has 16 heavy (non-hydrogen) atoms. The molecular formula is C11H14N2O3. The summed E-state index contributed by atoms with van der Waals surface area (Å²) in [4.78, 5) is 15.2. The molecule has 0 radical (unpaired) electrons. The summed E-state index contributed by atoms with van der Waals surface area (Å²) in [6, 6.07) is 0. The van der Waals surface area contributed by atoms with Crippen molar-refractivity contribution in [2.24, 2.45) is 0 Å². The summed E-state index contributed by atoms with van der Waals surface area (Å²) in [7, 11) is 0. The summed E-state index contributed by atoms with van der Waals surface area (Å²) in [6.07, 6.45) is 6.25. The maximum Gasteiger partial charge on any atom is 0.330 e. The molecule has 1 aromatic rings. The van der Waals surface area contributed by atoms with Gasteiger partial charge in [0.15, 0.2) is 5.82 Å². The van der Waals surface area contributed by atoms with Crippen LogP contribution in [0.4, 0.5) is 0 Å². The van der Waals surface area contributed by atoms with Crippen LogP contribution < -0.4 is 0 Å². The standard InChI is InChI=1S/C11H14N2O3/c1-2-15-10(14)7-6-9-12-11(13-16-9)8-4-3-5-8/h6-8H,2-5H2,1H3/b7-6+. The number of hydrogen-bond acceptors (Lipinski definition) is 5. The second-order valence-corrected chi connectivity index (χ2v) is 3.70. The first-order chi connectivity index (χ1) is 7.79. The van der Waals surface area contributed by atoms with Crippen molar-refractivity contribution in [3.05, 3.63) is 17.8 Å². The number of carbonyl (C=O) groups excluding carboxylic acids is 1. The Bertz CT molecular complexity index is 394. The van der Waals surface area contributed by atoms with Crippen molar-refractivity contribution in [2.75, 3.05) is 6.61 Å². The Balaban J connectivity index is 1.94. The second kappa shape index (κ2) is 4.92. The molecule has 0 bridgehead atoms. The molecule has 5 nitrogen and oxygen atoms in total. The molecule has 1 aromatic heterocycles. The van der Waals surface area contributed by atoms with Crippen molar-refractivity contribution in [3.63, 3.8) is 0 Å². The van der Waals surface area contributed by atoms with E-state index < -0.39 is 5.97 Å². The SMILES string of the molecule is CCOC(=O)/C=C/c1nc(C2CCC2)no1. The minimum Gasteiger partial charge on any atom is -0.463 e. The van der Waals surface area contributed by atoms with Gasteiger partial charge in [0.1, 0.15) is 0 Å². The summed E-state index contributed by atoms with van der Waals surface area (Å²) in [5.74, 6) is 1.14. The van der Waals surface area contributed by atoms with Gasteiger partial charge < -0.3 is 9.26 Å². The van der Waals surface area contributed by atoms with Gasteiger partial charge in [0.05, 0.1) is 6.61 Å². The van der Waals surface area contributed by atoms with Gasteiger partial charge in [-0.05, 0) is 19.8 Å². The number of hydrogen-bond donors (Lipinski definition) is 0. The monoisotopic (exact) mass is 222 g/mol. The van der Waals surface area contributed by atoms with Crippen LogP contribution in [0.2, 0.25) is 0 Å². The summed E-state index contributed by atoms with van der Waals surface area (Å²) in [6.45, 7) is 2.12. The maximum absolute atomic E-state index is 11.0. The zero-order chi connectivity index (χ0) is 11.4. The number of esters is 1. The van der Waals surface area contributed by atoms with Gasteiger partial charge in [-0.2, -0.15) is 4.98 Å². The third kappa shape index (κ3) is 2.48. The quantitative estimate of drug-likeness (QED) is 0.575. The van der Waals surface area contributed by atoms with Gasteiger partial charge >= 0.3 is 5.97 Å². The third-order valence-corrected chi connectivity index (χ3v) is 2.58. The average molecular weight is 222 g/mol. The molecule has 2 rings (SSSR count). The predicted molar refractivity (Wildman–Crippen MR) is 56.6 cm³/mol. The van der Waals surface area contributed by atoms with E-state index in [-0.39, 0.29) is 0 Å². The van der Waals surface area contributed by atoms with Crippen LogP contribution in [0, 0.1) is 0 Å². The van der Waals surface area contributed by atoms with Crippen molar-refractivity contribution in [3.8, 4) is 0 Å². The van der Waals surface area contributed by atoms with Crippen molar-refractivity contribution in [1.82, 2.24) is 10.1 Å². The molecule has 0 N–H and O–H groups in total. The molecule has 0 spiro atoms. The molecule has 1 saturated carbocycles. The minimum atomic E-state index is -0.397. The van der Waals surface area contributed by atoms with Gasteiger partial charge in [-0.3, -0.25) is 0 Å². The molecule has 0 atom stereocenters. The first-order valence-corrected chi connectivity index (χ1v) is 5.48. The fourth-order valence-electron chi connectivity index (χ4n) is 1.48. The van der Waals surface area contributed by atoms with E-state index in [1.165, 1.54) is 18.6 Å². The number of ether oxygens (including phenoxy) is 1. The molecule has 0 saturated heterocycles. The number of rotatable bonds is 4. The zero-order valence-corrected chi connectivity index (χ0v) is 9.18. The predicted octanol–water partition coefficient (Wildman–Crippen LogP) is 1.91. The molecule has 86 valence electrons. The van der Waals surface area contributed by atoms with E-state index in [0.717, 1.165) is 18.7 Å². The first-order valence-electron chi connectivity index (χ1n) is 5.48. The van der Waals surface area contributed by atoms with Crippen LogP contribution in [-0.4, -0.2) is 22.7 Å². The van der Waals surface area contributed by atoms with Crippen molar-refractivity contribution >= 4 is 12.0 Å². The Morgan fingerprint density at radius 3 is 3.06 bits per heavy atom. The summed E-state index contributed by atoms with van der Waals surface area (Å²) < 4.78 is 9.73. The highest BCUT2D eigenvalue weighted by Crippen LogP contribution is 2.34. The van der Waals surface area contributed by atoms with Gasteiger partial charge in [0.2, 0.25) is 0 Å². The number of carbonyl (C=O) groups is 1. The number of aromatic nitrogens is 2. The van der Waals surface area contributed by atoms with E-state index >= 15 is 0 Å². The van der Waals surface area contributed by atoms with Crippen molar-refractivity contribution in [2.45, 2.75) is 32.1 Å². The van der Waals surface area contributed by atoms with Crippen molar-refractivity contribution < 1.29 is 14.1 Å². The van der Waals surface area contributed by atoms with Gasteiger partial charge in [-0.25, -0.2) is 4.79 Å². The summed E-state index contributed by atoms with van der Waals surface area (Å²) in [5.41, 5.74) is 0. The normalized spacial score (nSPS) is 16.3. The van der Waals surface area contributed by atoms with E-state index in [4.69, 9.17) is 9.26 Å². The van der Waals surface area contributed by atoms with Crippen LogP contribution in [0.3, 0.4) is 0 Å². The lowest BCUT2D eigenvalue weighted by Gasteiger charge is -2.20. The second-order valence-electron chi connectivity index (χ2n) is 3.70. The Hall–Kier alpha value is -1.65. The summed E-state index contributed by atoms with van der Waals surface area (Å²) >= 11 is 0. The molecule has 0 aromatic carbocycles. The van der Waals surface area contributed by atoms with E-state index in [1.54, 1.807) is 6.92 Å². The lowest BCUT2D eigenvalue weighted by Crippen LogP contribution is -2.10. The lowest BCUT2D eigenvalue weighted by atomic mass is 9.85. The van der Waals surface area contributed by atoms with Gasteiger partial charge in [0.25, 0.3) is 5.89 Å². The highest BCUT2D eigenvalue weighted by molar-refractivity contribution is 5.86. The molecule has 1 fully saturated rings. The van der Waals surface area contributed by atoms with Crippen LogP contribution in [0.5, 0.6) is 0 Å². The van der Waals surface area contributed by atoms with Crippen molar-refractivity contribution in [1.29, 1.82) is 0 Å². The van der Waals surface area contributed by atoms with Crippen LogP contribution in [0.25, 0.3) is 6.08 Å². The summed E-state index contributed by atoms with van der Waals surface area (Å²) in [5, 5.41) is 3.87. The fourth-order valence-corrected chi connectivity index (χ4v) is 1.48. The van der Waals surface area contributed by atoms with Crippen LogP contribution in [-0.2, 0) is 9.53 Å². The Morgan fingerprint density at radius 1 is 1.62 bits per heavy atom. The smallest absolute Gasteiger partial charge is 0.330 e. The number of nitrogens with zero attached hydrogens (tertiary/aromatic N) is 2. The van der Waals surface area contributed by atoms with E-state index in [1.807, 2.05) is 0 Å². The average Bonchev–Trinajstić information content (AvgIpc) is 2.61. The molecule has 1 aliphatic rings. The molecule has 0 aliphatic heterocycles. The first kappa shape index (κ1) is 10.9. The van der Waals surface area contributed by atoms with Gasteiger partial charge in [-0.15, -0.1) is 0 Å². The highest BCUT2D eigenvalue weighted by Gasteiger charge is 2.24. The largest absolute Gasteiger partial charge is 0.463 e. The van der Waals surface area contributed by atoms with E-state index in [2.05, 4.69) is 10.1 Å². The van der Waals surface area contributed by atoms with Crippen LogP contribution >= 0.6 is 0 Å². The molecule has 1 aliphatic carbocycles. The third-order valence-electron chi connectivity index (χ3n) is 2.58. The molecular weight excluding hydrogens is 208 g/mol. The molecule has 5 heteroatoms. The lowest BCUT2D eigenvalue weighted by molar-refractivity contribution is -0.137. The zero-order valence-electron chi connectivity index (χ0n) is 9.18. The molecule has 1 heterocycles. The Kier molecular flexibility index (Phi) is 3.34. The Morgan fingerprint density at radius 2 is 2.44 bits per heavy atom. The Labute approximate surface area is 93.5 Å². The fraction of sp³-hybridized carbons (Fsp3) is 0.545. The van der Waals surface area contributed by atoms with E-state index in [9.17, 15) is 4.79 Å². The molecule has 0 unspecified atom stereocenters. The topological polar surface area (TPSA) is 65.2 Å².